The van der Waals surface area contributed by atoms with E-state index in [4.69, 9.17) is 4.42 Å². The van der Waals surface area contributed by atoms with Gasteiger partial charge >= 0.3 is 6.03 Å². The maximum Gasteiger partial charge on any atom is 0.322 e. The fraction of sp³-hybridized carbons (Fsp3) is 0.429. The van der Waals surface area contributed by atoms with Crippen LogP contribution >= 0.6 is 0 Å². The Labute approximate surface area is 116 Å². The van der Waals surface area contributed by atoms with Gasteiger partial charge in [-0.15, -0.1) is 0 Å². The maximum absolute atomic E-state index is 12.6. The molecule has 2 aliphatic heterocycles. The van der Waals surface area contributed by atoms with Crippen molar-refractivity contribution in [3.05, 3.63) is 35.4 Å². The zero-order chi connectivity index (χ0) is 13.9. The van der Waals surface area contributed by atoms with Crippen LogP contribution in [0.5, 0.6) is 0 Å². The molecule has 0 aromatic carbocycles. The summed E-state index contributed by atoms with van der Waals surface area (Å²) in [6.07, 6.45) is 3.67. The highest BCUT2D eigenvalue weighted by atomic mass is 16.3. The van der Waals surface area contributed by atoms with Gasteiger partial charge in [-0.1, -0.05) is 0 Å². The highest BCUT2D eigenvalue weighted by molar-refractivity contribution is 6.01. The molecule has 1 unspecified atom stereocenters. The van der Waals surface area contributed by atoms with Crippen molar-refractivity contribution in [1.29, 1.82) is 0 Å². The summed E-state index contributed by atoms with van der Waals surface area (Å²) in [4.78, 5) is 28.1. The van der Waals surface area contributed by atoms with Crippen LogP contribution in [0, 0.1) is 0 Å². The van der Waals surface area contributed by atoms with Gasteiger partial charge in [-0.2, -0.15) is 0 Å². The zero-order valence-electron chi connectivity index (χ0n) is 11.1. The number of likely N-dealkylation sites (N-methyl/N-ethyl adjacent to an activating group) is 1. The number of amides is 3. The van der Waals surface area contributed by atoms with Crippen LogP contribution in [0.15, 0.2) is 34.1 Å². The van der Waals surface area contributed by atoms with Crippen LogP contribution in [0.2, 0.25) is 0 Å². The van der Waals surface area contributed by atoms with Gasteiger partial charge in [0.15, 0.2) is 0 Å². The average molecular weight is 273 g/mol. The van der Waals surface area contributed by atoms with E-state index in [1.54, 1.807) is 25.4 Å². The zero-order valence-corrected chi connectivity index (χ0v) is 11.1. The standard InChI is InChI=1S/C14H15N3O3/c1-16-9-7-17(8-4-5-8)13(18)11(9)12(15-14(16)19)10-3-2-6-20-10/h2-3,6,8,12H,4-5,7H2,1H3,(H,15,19). The Hall–Kier alpha value is -2.24. The Kier molecular flexibility index (Phi) is 2.24. The first-order valence-electron chi connectivity index (χ1n) is 6.78. The fourth-order valence-electron chi connectivity index (χ4n) is 2.94. The number of nitrogens with zero attached hydrogens (tertiary/aromatic N) is 2. The van der Waals surface area contributed by atoms with Crippen molar-refractivity contribution in [2.45, 2.75) is 24.9 Å². The molecule has 0 radical (unpaired) electrons. The van der Waals surface area contributed by atoms with E-state index in [9.17, 15) is 9.59 Å². The number of rotatable bonds is 2. The van der Waals surface area contributed by atoms with Gasteiger partial charge in [0, 0.05) is 13.1 Å². The van der Waals surface area contributed by atoms with Gasteiger partial charge in [0.25, 0.3) is 5.91 Å². The molecule has 1 atom stereocenters. The Morgan fingerprint density at radius 2 is 2.15 bits per heavy atom. The minimum Gasteiger partial charge on any atom is -0.467 e. The lowest BCUT2D eigenvalue weighted by atomic mass is 10.0. The first-order valence-corrected chi connectivity index (χ1v) is 6.78. The summed E-state index contributed by atoms with van der Waals surface area (Å²) in [7, 11) is 1.70. The van der Waals surface area contributed by atoms with E-state index in [1.807, 2.05) is 4.90 Å². The molecule has 0 bridgehead atoms. The van der Waals surface area contributed by atoms with E-state index >= 15 is 0 Å². The SMILES string of the molecule is CN1C(=O)NC(c2ccco2)C2=C1CN(C1CC1)C2=O. The van der Waals surface area contributed by atoms with Crippen LogP contribution in [0.4, 0.5) is 4.79 Å². The van der Waals surface area contributed by atoms with Crippen LogP contribution < -0.4 is 5.32 Å². The Bertz CT molecular complexity index is 616. The number of furan rings is 1. The lowest BCUT2D eigenvalue weighted by Crippen LogP contribution is -2.45. The molecule has 1 saturated carbocycles. The fourth-order valence-corrected chi connectivity index (χ4v) is 2.94. The Balaban J connectivity index is 1.77. The molecule has 4 rings (SSSR count). The molecule has 20 heavy (non-hydrogen) atoms. The number of carbonyl (C=O) groups is 2. The Morgan fingerprint density at radius 1 is 1.35 bits per heavy atom. The minimum atomic E-state index is -0.472. The van der Waals surface area contributed by atoms with Gasteiger partial charge in [0.1, 0.15) is 11.8 Å². The second kappa shape index (κ2) is 3.88. The summed E-state index contributed by atoms with van der Waals surface area (Å²) in [5.41, 5.74) is 1.45. The van der Waals surface area contributed by atoms with Crippen molar-refractivity contribution in [3.8, 4) is 0 Å². The maximum atomic E-state index is 12.6. The normalized spacial score (nSPS) is 26.1. The second-order valence-electron chi connectivity index (χ2n) is 5.48. The van der Waals surface area contributed by atoms with Crippen LogP contribution in [0.3, 0.4) is 0 Å². The number of hydrogen-bond acceptors (Lipinski definition) is 3. The molecule has 1 aliphatic carbocycles. The van der Waals surface area contributed by atoms with E-state index in [0.29, 0.717) is 23.9 Å². The van der Waals surface area contributed by atoms with Crippen molar-refractivity contribution >= 4 is 11.9 Å². The van der Waals surface area contributed by atoms with Crippen LogP contribution in [0.25, 0.3) is 0 Å². The van der Waals surface area contributed by atoms with Gasteiger partial charge in [0.05, 0.1) is 24.1 Å². The summed E-state index contributed by atoms with van der Waals surface area (Å²) in [6, 6.07) is 3.22. The largest absolute Gasteiger partial charge is 0.467 e. The first-order chi connectivity index (χ1) is 9.66. The van der Waals surface area contributed by atoms with Crippen LogP contribution in [-0.4, -0.2) is 41.4 Å². The number of urea groups is 1. The predicted molar refractivity (Wildman–Crippen MR) is 69.5 cm³/mol. The molecular formula is C14H15N3O3. The molecule has 1 fully saturated rings. The van der Waals surface area contributed by atoms with Crippen LogP contribution in [0.1, 0.15) is 24.6 Å². The third-order valence-electron chi connectivity index (χ3n) is 4.20. The molecule has 6 nitrogen and oxygen atoms in total. The number of carbonyl (C=O) groups excluding carboxylic acids is 2. The molecule has 1 N–H and O–H groups in total. The van der Waals surface area contributed by atoms with Crippen LogP contribution in [-0.2, 0) is 4.79 Å². The number of hydrogen-bond donors (Lipinski definition) is 1. The third-order valence-corrected chi connectivity index (χ3v) is 4.20. The molecular weight excluding hydrogens is 258 g/mol. The minimum absolute atomic E-state index is 0.0238. The molecule has 3 amide bonds. The van der Waals surface area contributed by atoms with E-state index < -0.39 is 6.04 Å². The van der Waals surface area contributed by atoms with Gasteiger partial charge in [-0.25, -0.2) is 4.79 Å². The lowest BCUT2D eigenvalue weighted by molar-refractivity contribution is -0.126. The van der Waals surface area contributed by atoms with Gasteiger partial charge in [-0.3, -0.25) is 9.69 Å². The van der Waals surface area contributed by atoms with Crippen molar-refractivity contribution in [2.75, 3.05) is 13.6 Å². The van der Waals surface area contributed by atoms with Crippen molar-refractivity contribution < 1.29 is 14.0 Å². The third kappa shape index (κ3) is 1.51. The second-order valence-corrected chi connectivity index (χ2v) is 5.48. The summed E-state index contributed by atoms with van der Waals surface area (Å²) in [6.45, 7) is 0.528. The Morgan fingerprint density at radius 3 is 2.80 bits per heavy atom. The summed E-state index contributed by atoms with van der Waals surface area (Å²) >= 11 is 0. The van der Waals surface area contributed by atoms with E-state index in [0.717, 1.165) is 18.5 Å². The molecule has 1 aromatic rings. The molecule has 104 valence electrons. The van der Waals surface area contributed by atoms with E-state index in [-0.39, 0.29) is 11.9 Å². The molecule has 6 heteroatoms. The molecule has 3 aliphatic rings. The molecule has 0 saturated heterocycles. The molecule has 3 heterocycles. The van der Waals surface area contributed by atoms with E-state index in [2.05, 4.69) is 5.32 Å². The average Bonchev–Trinajstić information content (AvgIpc) is 3.00. The summed E-state index contributed by atoms with van der Waals surface area (Å²) < 4.78 is 5.39. The monoisotopic (exact) mass is 273 g/mol. The summed E-state index contributed by atoms with van der Waals surface area (Å²) in [5, 5.41) is 2.84. The van der Waals surface area contributed by atoms with Gasteiger partial charge in [0.2, 0.25) is 0 Å². The van der Waals surface area contributed by atoms with Crippen molar-refractivity contribution in [1.82, 2.24) is 15.1 Å². The van der Waals surface area contributed by atoms with Crippen molar-refractivity contribution in [2.24, 2.45) is 0 Å². The quantitative estimate of drug-likeness (QED) is 0.881. The topological polar surface area (TPSA) is 65.8 Å². The van der Waals surface area contributed by atoms with E-state index in [1.165, 1.54) is 4.90 Å². The lowest BCUT2D eigenvalue weighted by Gasteiger charge is -2.29. The highest BCUT2D eigenvalue weighted by Gasteiger charge is 2.47. The summed E-state index contributed by atoms with van der Waals surface area (Å²) in [5.74, 6) is 0.626. The first kappa shape index (κ1) is 11.6. The van der Waals surface area contributed by atoms with Crippen molar-refractivity contribution in [3.63, 3.8) is 0 Å². The number of nitrogens with one attached hydrogen (secondary N) is 1. The van der Waals surface area contributed by atoms with Gasteiger partial charge in [-0.05, 0) is 25.0 Å². The smallest absolute Gasteiger partial charge is 0.322 e. The highest BCUT2D eigenvalue weighted by Crippen LogP contribution is 2.40. The van der Waals surface area contributed by atoms with Gasteiger partial charge < -0.3 is 14.6 Å². The predicted octanol–water partition coefficient (Wildman–Crippen LogP) is 1.23. The molecule has 1 aromatic heterocycles. The molecule has 0 spiro atoms.